The Bertz CT molecular complexity index is 1120. The number of ether oxygens (including phenoxy) is 2. The number of benzene rings is 2. The molecule has 33 heavy (non-hydrogen) atoms. The van der Waals surface area contributed by atoms with Crippen molar-refractivity contribution >= 4 is 45.7 Å². The summed E-state index contributed by atoms with van der Waals surface area (Å²) in [5.74, 6) is 1.10. The average molecular weight is 486 g/mol. The summed E-state index contributed by atoms with van der Waals surface area (Å²) >= 11 is 2.78. The second-order valence-electron chi connectivity index (χ2n) is 7.18. The fourth-order valence-corrected chi connectivity index (χ4v) is 4.67. The second kappa shape index (κ2) is 11.7. The van der Waals surface area contributed by atoms with Crippen LogP contribution in [0.5, 0.6) is 11.5 Å². The highest BCUT2D eigenvalue weighted by Crippen LogP contribution is 2.34. The number of methoxy groups -OCH3 is 2. The van der Waals surface area contributed by atoms with Gasteiger partial charge in [0.1, 0.15) is 0 Å². The van der Waals surface area contributed by atoms with Crippen molar-refractivity contribution in [3.63, 3.8) is 0 Å². The van der Waals surface area contributed by atoms with Gasteiger partial charge in [-0.1, -0.05) is 13.0 Å². The van der Waals surface area contributed by atoms with Crippen LogP contribution in [0, 0.1) is 0 Å². The molecule has 0 fully saturated rings. The first-order valence-electron chi connectivity index (χ1n) is 10.5. The second-order valence-corrected chi connectivity index (χ2v) is 9.46. The van der Waals surface area contributed by atoms with Gasteiger partial charge in [0.05, 0.1) is 25.2 Å². The molecule has 0 spiro atoms. The maximum absolute atomic E-state index is 12.7. The predicted octanol–water partition coefficient (Wildman–Crippen LogP) is 5.69. The van der Waals surface area contributed by atoms with Gasteiger partial charge < -0.3 is 20.1 Å². The molecule has 0 aliphatic heterocycles. The van der Waals surface area contributed by atoms with Crippen molar-refractivity contribution in [2.24, 2.45) is 0 Å². The molecule has 174 valence electrons. The van der Waals surface area contributed by atoms with Crippen molar-refractivity contribution < 1.29 is 19.1 Å². The number of thiazole rings is 1. The molecule has 0 aliphatic rings. The highest BCUT2D eigenvalue weighted by molar-refractivity contribution is 8.00. The molecule has 2 aromatic carbocycles. The molecule has 2 N–H and O–H groups in total. The minimum atomic E-state index is -0.347. The Morgan fingerprint density at radius 1 is 1.09 bits per heavy atom. The number of carbonyl (C=O) groups is 2. The Kier molecular flexibility index (Phi) is 8.73. The van der Waals surface area contributed by atoms with Gasteiger partial charge in [-0.2, -0.15) is 0 Å². The van der Waals surface area contributed by atoms with Crippen LogP contribution in [0.15, 0.2) is 52.7 Å². The smallest absolute Gasteiger partial charge is 0.239 e. The Balaban J connectivity index is 1.62. The van der Waals surface area contributed by atoms with E-state index in [1.54, 1.807) is 14.2 Å². The zero-order valence-corrected chi connectivity index (χ0v) is 20.6. The zero-order valence-electron chi connectivity index (χ0n) is 19.0. The third-order valence-electron chi connectivity index (χ3n) is 4.69. The summed E-state index contributed by atoms with van der Waals surface area (Å²) in [5, 5.41) is 7.83. The SMILES string of the molecule is CCCC(=O)Nc1cccc(SC(C)C(=O)Nc2nc(-c3ccc(OC)c(OC)c3)cs2)c1. The van der Waals surface area contributed by atoms with Gasteiger partial charge in [0.15, 0.2) is 16.6 Å². The molecule has 0 saturated heterocycles. The van der Waals surface area contributed by atoms with Crippen LogP contribution in [0.3, 0.4) is 0 Å². The summed E-state index contributed by atoms with van der Waals surface area (Å²) in [4.78, 5) is 30.0. The number of nitrogens with one attached hydrogen (secondary N) is 2. The first kappa shape index (κ1) is 24.6. The summed E-state index contributed by atoms with van der Waals surface area (Å²) in [5.41, 5.74) is 2.34. The summed E-state index contributed by atoms with van der Waals surface area (Å²) in [6, 6.07) is 13.1. The number of thioether (sulfide) groups is 1. The Morgan fingerprint density at radius 3 is 2.61 bits per heavy atom. The van der Waals surface area contributed by atoms with E-state index in [4.69, 9.17) is 9.47 Å². The molecule has 1 atom stereocenters. The van der Waals surface area contributed by atoms with Gasteiger partial charge in [0.2, 0.25) is 11.8 Å². The van der Waals surface area contributed by atoms with E-state index in [1.807, 2.05) is 61.7 Å². The van der Waals surface area contributed by atoms with Crippen LogP contribution in [0.4, 0.5) is 10.8 Å². The molecule has 1 aromatic heterocycles. The Morgan fingerprint density at radius 2 is 1.88 bits per heavy atom. The first-order valence-corrected chi connectivity index (χ1v) is 12.2. The van der Waals surface area contributed by atoms with Crippen molar-refractivity contribution in [2.45, 2.75) is 36.8 Å². The fraction of sp³-hybridized carbons (Fsp3) is 0.292. The molecular weight excluding hydrogens is 458 g/mol. The number of nitrogens with zero attached hydrogens (tertiary/aromatic N) is 1. The van der Waals surface area contributed by atoms with Crippen molar-refractivity contribution in [2.75, 3.05) is 24.9 Å². The third-order valence-corrected chi connectivity index (χ3v) is 6.54. The molecule has 7 nitrogen and oxygen atoms in total. The predicted molar refractivity (Wildman–Crippen MR) is 135 cm³/mol. The number of carbonyl (C=O) groups excluding carboxylic acids is 2. The van der Waals surface area contributed by atoms with Crippen molar-refractivity contribution in [1.82, 2.24) is 4.98 Å². The first-order chi connectivity index (χ1) is 15.9. The molecule has 1 heterocycles. The quantitative estimate of drug-likeness (QED) is 0.359. The van der Waals surface area contributed by atoms with E-state index in [9.17, 15) is 9.59 Å². The van der Waals surface area contributed by atoms with E-state index in [0.29, 0.717) is 23.1 Å². The molecule has 0 aliphatic carbocycles. The van der Waals surface area contributed by atoms with Gasteiger partial charge in [-0.15, -0.1) is 23.1 Å². The van der Waals surface area contributed by atoms with Crippen LogP contribution in [-0.4, -0.2) is 36.3 Å². The summed E-state index contributed by atoms with van der Waals surface area (Å²) < 4.78 is 10.6. The Labute approximate surface area is 201 Å². The lowest BCUT2D eigenvalue weighted by atomic mass is 10.1. The molecule has 3 rings (SSSR count). The standard InChI is InChI=1S/C24H27N3O4S2/c1-5-7-22(28)25-17-8-6-9-18(13-17)33-15(2)23(29)27-24-26-19(14-32-24)16-10-11-20(30-3)21(12-16)31-4/h6,8-15H,5,7H2,1-4H3,(H,25,28)(H,26,27,29). The molecule has 0 radical (unpaired) electrons. The molecule has 1 unspecified atom stereocenters. The number of aromatic nitrogens is 1. The topological polar surface area (TPSA) is 89.6 Å². The summed E-state index contributed by atoms with van der Waals surface area (Å²) in [6.07, 6.45) is 1.28. The lowest BCUT2D eigenvalue weighted by Gasteiger charge is -2.12. The monoisotopic (exact) mass is 485 g/mol. The lowest BCUT2D eigenvalue weighted by Crippen LogP contribution is -2.22. The number of amides is 2. The van der Waals surface area contributed by atoms with Crippen LogP contribution in [0.1, 0.15) is 26.7 Å². The maximum Gasteiger partial charge on any atom is 0.239 e. The molecule has 2 amide bonds. The van der Waals surface area contributed by atoms with E-state index in [-0.39, 0.29) is 17.1 Å². The summed E-state index contributed by atoms with van der Waals surface area (Å²) in [6.45, 7) is 3.80. The highest BCUT2D eigenvalue weighted by Gasteiger charge is 2.17. The van der Waals surface area contributed by atoms with E-state index < -0.39 is 0 Å². The van der Waals surface area contributed by atoms with Crippen LogP contribution >= 0.6 is 23.1 Å². The zero-order chi connectivity index (χ0) is 23.8. The van der Waals surface area contributed by atoms with E-state index >= 15 is 0 Å². The van der Waals surface area contributed by atoms with Crippen LogP contribution < -0.4 is 20.1 Å². The number of anilines is 2. The van der Waals surface area contributed by atoms with Crippen LogP contribution in [-0.2, 0) is 9.59 Å². The molecule has 3 aromatic rings. The number of hydrogen-bond donors (Lipinski definition) is 2. The summed E-state index contributed by atoms with van der Waals surface area (Å²) in [7, 11) is 3.17. The minimum absolute atomic E-state index is 0.0144. The Hall–Kier alpha value is -3.04. The normalized spacial score (nSPS) is 11.5. The number of rotatable bonds is 10. The van der Waals surface area contributed by atoms with Crippen molar-refractivity contribution in [3.8, 4) is 22.8 Å². The molecule has 0 bridgehead atoms. The third kappa shape index (κ3) is 6.72. The molecule has 0 saturated carbocycles. The van der Waals surface area contributed by atoms with E-state index in [1.165, 1.54) is 23.1 Å². The number of hydrogen-bond acceptors (Lipinski definition) is 7. The van der Waals surface area contributed by atoms with Gasteiger partial charge in [-0.3, -0.25) is 9.59 Å². The minimum Gasteiger partial charge on any atom is -0.493 e. The van der Waals surface area contributed by atoms with Crippen LogP contribution in [0.2, 0.25) is 0 Å². The van der Waals surface area contributed by atoms with Gasteiger partial charge in [0.25, 0.3) is 0 Å². The highest BCUT2D eigenvalue weighted by atomic mass is 32.2. The largest absolute Gasteiger partial charge is 0.493 e. The van der Waals surface area contributed by atoms with Crippen molar-refractivity contribution in [3.05, 3.63) is 47.8 Å². The maximum atomic E-state index is 12.7. The molecular formula is C24H27N3O4S2. The molecule has 9 heteroatoms. The van der Waals surface area contributed by atoms with Crippen molar-refractivity contribution in [1.29, 1.82) is 0 Å². The van der Waals surface area contributed by atoms with Gasteiger partial charge in [0, 0.05) is 27.9 Å². The van der Waals surface area contributed by atoms with E-state index in [0.717, 1.165) is 28.3 Å². The average Bonchev–Trinajstić information content (AvgIpc) is 3.27. The van der Waals surface area contributed by atoms with Crippen LogP contribution in [0.25, 0.3) is 11.3 Å². The van der Waals surface area contributed by atoms with Gasteiger partial charge in [-0.25, -0.2) is 4.98 Å². The van der Waals surface area contributed by atoms with Gasteiger partial charge in [-0.05, 0) is 49.7 Å². The van der Waals surface area contributed by atoms with E-state index in [2.05, 4.69) is 15.6 Å². The van der Waals surface area contributed by atoms with Gasteiger partial charge >= 0.3 is 0 Å². The lowest BCUT2D eigenvalue weighted by molar-refractivity contribution is -0.116. The fourth-order valence-electron chi connectivity index (χ4n) is 3.02.